The third-order valence-electron chi connectivity index (χ3n) is 1.49. The van der Waals surface area contributed by atoms with Crippen molar-refractivity contribution in [3.05, 3.63) is 0 Å². The van der Waals surface area contributed by atoms with E-state index in [9.17, 15) is 4.79 Å². The fourth-order valence-corrected chi connectivity index (χ4v) is 0.880. The molecule has 0 unspecified atom stereocenters. The third kappa shape index (κ3) is 82.0. The van der Waals surface area contributed by atoms with Crippen molar-refractivity contribution >= 4 is 24.3 Å². The predicted molar refractivity (Wildman–Crippen MR) is 66.0 cm³/mol. The smallest absolute Gasteiger partial charge is 1.00 e. The van der Waals surface area contributed by atoms with E-state index < -0.39 is 11.9 Å². The number of carboxylic acids is 2. The minimum absolute atomic E-state index is 0. The monoisotopic (exact) mass is 272 g/mol. The zero-order valence-corrected chi connectivity index (χ0v) is 14.2. The van der Waals surface area contributed by atoms with Crippen molar-refractivity contribution in [3.63, 3.8) is 0 Å². The molecule has 0 rings (SSSR count). The Hall–Kier alpha value is 1.62. The van der Waals surface area contributed by atoms with E-state index in [-0.39, 0.29) is 93.6 Å². The SMILES string of the molecule is CC(=O)O.CCCCCCCC(=O)O.Cl.[H-].[H-].[H-].[H-].[Li+].[Li+].[Li+].[Li+]. The molecular weight excluding hydrogens is 247 g/mol. The Bertz CT molecular complexity index is 185. The molecule has 2 N–H and O–H groups in total. The molecule has 0 heterocycles. The fraction of sp³-hybridized carbons (Fsp3) is 0.800. The minimum atomic E-state index is -0.833. The van der Waals surface area contributed by atoms with Crippen LogP contribution in [0.3, 0.4) is 0 Å². The third-order valence-corrected chi connectivity index (χ3v) is 1.49. The predicted octanol–water partition coefficient (Wildman–Crippen LogP) is -8.59. The van der Waals surface area contributed by atoms with Crippen molar-refractivity contribution in [2.45, 2.75) is 52.4 Å². The van der Waals surface area contributed by atoms with Crippen LogP contribution in [0.25, 0.3) is 0 Å². The number of hydrogen-bond acceptors (Lipinski definition) is 2. The summed E-state index contributed by atoms with van der Waals surface area (Å²) in [6.45, 7) is 3.23. The van der Waals surface area contributed by atoms with Crippen molar-refractivity contribution in [1.82, 2.24) is 0 Å². The van der Waals surface area contributed by atoms with Crippen LogP contribution in [0.2, 0.25) is 0 Å². The Kier molecular flexibility index (Phi) is 82.6. The van der Waals surface area contributed by atoms with E-state index in [0.717, 1.165) is 19.8 Å². The van der Waals surface area contributed by atoms with Crippen LogP contribution < -0.4 is 75.4 Å². The summed E-state index contributed by atoms with van der Waals surface area (Å²) in [5.74, 6) is -1.50. The van der Waals surface area contributed by atoms with Gasteiger partial charge in [-0.15, -0.1) is 12.4 Å². The minimum Gasteiger partial charge on any atom is -1.00 e. The Balaban J connectivity index is -0.0000000113. The number of carbonyl (C=O) groups is 2. The van der Waals surface area contributed by atoms with Gasteiger partial charge in [-0.05, 0) is 6.42 Å². The maximum atomic E-state index is 10.0. The number of aliphatic carboxylic acids is 2. The topological polar surface area (TPSA) is 74.6 Å². The zero-order valence-electron chi connectivity index (χ0n) is 17.4. The second kappa shape index (κ2) is 36.7. The van der Waals surface area contributed by atoms with Gasteiger partial charge in [0.05, 0.1) is 0 Å². The molecule has 0 bridgehead atoms. The fourth-order valence-electron chi connectivity index (χ4n) is 0.880. The first-order valence-corrected chi connectivity index (χ1v) is 4.92. The van der Waals surface area contributed by atoms with E-state index >= 15 is 0 Å². The normalized spacial score (nSPS) is 6.42. The first kappa shape index (κ1) is 42.8. The summed E-state index contributed by atoms with van der Waals surface area (Å²) in [5.41, 5.74) is 0. The Morgan fingerprint density at radius 2 is 1.21 bits per heavy atom. The standard InChI is InChI=1S/C8H16O2.C2H4O2.ClH.4Li.4H/c1-2-3-4-5-6-7-8(9)10;1-2(3)4;;;;;;;;;/h2-7H2,1H3,(H,9,10);1H3,(H,3,4);1H;;;;;;;;/q;;;4*+1;4*-1. The van der Waals surface area contributed by atoms with Gasteiger partial charge in [0.2, 0.25) is 0 Å². The van der Waals surface area contributed by atoms with E-state index in [2.05, 4.69) is 6.92 Å². The van der Waals surface area contributed by atoms with E-state index in [1.807, 2.05) is 0 Å². The summed E-state index contributed by atoms with van der Waals surface area (Å²) >= 11 is 0. The van der Waals surface area contributed by atoms with Gasteiger partial charge in [0.1, 0.15) is 0 Å². The molecule has 0 aliphatic heterocycles. The molecule has 0 saturated carbocycles. The summed E-state index contributed by atoms with van der Waals surface area (Å²) in [7, 11) is 0. The summed E-state index contributed by atoms with van der Waals surface area (Å²) in [5, 5.41) is 15.7. The van der Waals surface area contributed by atoms with Gasteiger partial charge in [-0.2, -0.15) is 0 Å². The molecule has 19 heavy (non-hydrogen) atoms. The van der Waals surface area contributed by atoms with Gasteiger partial charge in [0.25, 0.3) is 5.97 Å². The van der Waals surface area contributed by atoms with E-state index in [1.165, 1.54) is 19.3 Å². The van der Waals surface area contributed by atoms with Crippen molar-refractivity contribution < 1.29 is 101 Å². The van der Waals surface area contributed by atoms with Gasteiger partial charge >= 0.3 is 81.4 Å². The maximum absolute atomic E-state index is 10.0. The molecule has 0 amide bonds. The first-order chi connectivity index (χ1) is 6.50. The molecule has 0 spiro atoms. The van der Waals surface area contributed by atoms with Crippen molar-refractivity contribution in [3.8, 4) is 0 Å². The van der Waals surface area contributed by atoms with E-state index in [1.54, 1.807) is 0 Å². The van der Waals surface area contributed by atoms with Crippen LogP contribution in [0.15, 0.2) is 0 Å². The summed E-state index contributed by atoms with van der Waals surface area (Å²) < 4.78 is 0. The maximum Gasteiger partial charge on any atom is 1.00 e. The molecule has 0 aliphatic carbocycles. The van der Waals surface area contributed by atoms with Crippen molar-refractivity contribution in [1.29, 1.82) is 0 Å². The van der Waals surface area contributed by atoms with E-state index in [0.29, 0.717) is 6.42 Å². The summed E-state index contributed by atoms with van der Waals surface area (Å²) in [4.78, 5) is 19.0. The van der Waals surface area contributed by atoms with Crippen LogP contribution in [0, 0.1) is 0 Å². The molecule has 4 nitrogen and oxygen atoms in total. The van der Waals surface area contributed by atoms with Gasteiger partial charge in [-0.25, -0.2) is 0 Å². The Morgan fingerprint density at radius 1 is 0.895 bits per heavy atom. The van der Waals surface area contributed by atoms with Crippen LogP contribution in [0.1, 0.15) is 58.1 Å². The molecule has 0 aromatic rings. The number of rotatable bonds is 6. The van der Waals surface area contributed by atoms with Gasteiger partial charge in [-0.1, -0.05) is 32.6 Å². The average Bonchev–Trinajstić information content (AvgIpc) is 2.02. The molecule has 100 valence electrons. The zero-order chi connectivity index (χ0) is 11.4. The molecule has 0 radical (unpaired) electrons. The second-order valence-electron chi connectivity index (χ2n) is 3.08. The Labute approximate surface area is 176 Å². The summed E-state index contributed by atoms with van der Waals surface area (Å²) in [6.07, 6.45) is 5.88. The number of carboxylic acid groups (broad SMARTS) is 2. The quantitative estimate of drug-likeness (QED) is 0.372. The van der Waals surface area contributed by atoms with Crippen LogP contribution in [0.4, 0.5) is 0 Å². The average molecular weight is 273 g/mol. The number of unbranched alkanes of at least 4 members (excludes halogenated alkanes) is 4. The van der Waals surface area contributed by atoms with E-state index in [4.69, 9.17) is 15.0 Å². The van der Waals surface area contributed by atoms with Gasteiger partial charge in [0.15, 0.2) is 0 Å². The second-order valence-corrected chi connectivity index (χ2v) is 3.08. The van der Waals surface area contributed by atoms with Gasteiger partial charge < -0.3 is 15.9 Å². The van der Waals surface area contributed by atoms with Gasteiger partial charge in [0, 0.05) is 13.3 Å². The number of halogens is 1. The Morgan fingerprint density at radius 3 is 1.47 bits per heavy atom. The first-order valence-electron chi connectivity index (χ1n) is 4.92. The largest absolute Gasteiger partial charge is 1.00 e. The van der Waals surface area contributed by atoms with Crippen molar-refractivity contribution in [2.24, 2.45) is 0 Å². The number of hydrogen-bond donors (Lipinski definition) is 2. The molecule has 9 heteroatoms. The molecule has 0 saturated heterocycles. The molecule has 0 aromatic heterocycles. The van der Waals surface area contributed by atoms with Crippen LogP contribution in [0.5, 0.6) is 0 Å². The molecule has 0 fully saturated rings. The van der Waals surface area contributed by atoms with Crippen LogP contribution in [-0.2, 0) is 9.59 Å². The molecule has 0 aliphatic rings. The van der Waals surface area contributed by atoms with Crippen LogP contribution in [-0.4, -0.2) is 22.2 Å². The van der Waals surface area contributed by atoms with Gasteiger partial charge in [-0.3, -0.25) is 9.59 Å². The summed E-state index contributed by atoms with van der Waals surface area (Å²) in [6, 6.07) is 0. The van der Waals surface area contributed by atoms with Crippen LogP contribution >= 0.6 is 12.4 Å². The van der Waals surface area contributed by atoms with Crippen molar-refractivity contribution in [2.75, 3.05) is 0 Å². The molecule has 0 aromatic carbocycles. The molecular formula is C10H25ClLi4O4. The molecule has 0 atom stereocenters.